The number of aromatic carboxylic acids is 1. The van der Waals surface area contributed by atoms with Crippen molar-refractivity contribution in [3.8, 4) is 5.75 Å². The number of halogens is 1. The van der Waals surface area contributed by atoms with Gasteiger partial charge in [0.1, 0.15) is 12.4 Å². The number of amidine groups is 1. The second-order valence-electron chi connectivity index (χ2n) is 7.58. The van der Waals surface area contributed by atoms with E-state index in [1.807, 2.05) is 48.5 Å². The molecule has 0 aromatic heterocycles. The molecule has 1 amide bonds. The molecule has 1 aliphatic rings. The van der Waals surface area contributed by atoms with Crippen molar-refractivity contribution in [2.24, 2.45) is 4.99 Å². The van der Waals surface area contributed by atoms with Crippen molar-refractivity contribution >= 4 is 52.2 Å². The summed E-state index contributed by atoms with van der Waals surface area (Å²) in [7, 11) is 1.65. The molecule has 0 atom stereocenters. The van der Waals surface area contributed by atoms with Gasteiger partial charge >= 0.3 is 5.97 Å². The lowest BCUT2D eigenvalue weighted by Gasteiger charge is -2.10. The molecule has 3 aromatic carbocycles. The van der Waals surface area contributed by atoms with E-state index >= 15 is 0 Å². The first-order valence-electron chi connectivity index (χ1n) is 10.4. The maximum atomic E-state index is 12.9. The summed E-state index contributed by atoms with van der Waals surface area (Å²) < 4.78 is 6.00. The number of carboxylic acid groups (broad SMARTS) is 1. The number of rotatable bonds is 6. The standard InChI is InChI=1S/C26H21ClN2O4S/c1-16-20(25(31)32)7-5-8-21(16)28-26-29(2)24(30)23(34-26)14-18-6-3-4-9-22(18)33-15-17-10-12-19(27)13-11-17/h3-14H,15H2,1-2H3,(H,31,32)/b23-14-,28-26?. The molecular weight excluding hydrogens is 472 g/mol. The van der Waals surface area contributed by atoms with Gasteiger partial charge in [0.2, 0.25) is 0 Å². The highest BCUT2D eigenvalue weighted by Gasteiger charge is 2.31. The topological polar surface area (TPSA) is 79.2 Å². The second kappa shape index (κ2) is 10.2. The van der Waals surface area contributed by atoms with Crippen LogP contribution in [0.2, 0.25) is 5.02 Å². The zero-order valence-corrected chi connectivity index (χ0v) is 20.1. The van der Waals surface area contributed by atoms with E-state index in [4.69, 9.17) is 16.3 Å². The number of thioether (sulfide) groups is 1. The number of para-hydroxylation sites is 1. The first-order valence-corrected chi connectivity index (χ1v) is 11.6. The monoisotopic (exact) mass is 492 g/mol. The van der Waals surface area contributed by atoms with Crippen LogP contribution in [0.15, 0.2) is 76.6 Å². The zero-order valence-electron chi connectivity index (χ0n) is 18.5. The molecule has 172 valence electrons. The van der Waals surface area contributed by atoms with Crippen LogP contribution < -0.4 is 4.74 Å². The highest BCUT2D eigenvalue weighted by atomic mass is 35.5. The van der Waals surface area contributed by atoms with E-state index in [0.717, 1.165) is 11.1 Å². The lowest BCUT2D eigenvalue weighted by atomic mass is 10.1. The maximum Gasteiger partial charge on any atom is 0.336 e. The Morgan fingerprint density at radius 2 is 1.85 bits per heavy atom. The highest BCUT2D eigenvalue weighted by Crippen LogP contribution is 2.35. The fourth-order valence-electron chi connectivity index (χ4n) is 3.35. The van der Waals surface area contributed by atoms with E-state index in [1.54, 1.807) is 32.2 Å². The normalized spacial score (nSPS) is 15.9. The smallest absolute Gasteiger partial charge is 0.336 e. The third kappa shape index (κ3) is 5.16. The molecule has 1 heterocycles. The Morgan fingerprint density at radius 1 is 1.12 bits per heavy atom. The van der Waals surface area contributed by atoms with Gasteiger partial charge in [0.05, 0.1) is 16.2 Å². The quantitative estimate of drug-likeness (QED) is 0.417. The molecule has 0 aliphatic carbocycles. The van der Waals surface area contributed by atoms with Gasteiger partial charge in [0.25, 0.3) is 5.91 Å². The van der Waals surface area contributed by atoms with Crippen LogP contribution in [0.3, 0.4) is 0 Å². The Bertz CT molecular complexity index is 1320. The summed E-state index contributed by atoms with van der Waals surface area (Å²) in [4.78, 5) is 30.9. The molecule has 34 heavy (non-hydrogen) atoms. The fourth-order valence-corrected chi connectivity index (χ4v) is 4.44. The lowest BCUT2D eigenvalue weighted by molar-refractivity contribution is -0.121. The van der Waals surface area contributed by atoms with Crippen LogP contribution in [0.25, 0.3) is 6.08 Å². The Labute approximate surface area is 206 Å². The predicted octanol–water partition coefficient (Wildman–Crippen LogP) is 6.16. The van der Waals surface area contributed by atoms with Crippen LogP contribution in [0.5, 0.6) is 5.75 Å². The molecule has 1 fully saturated rings. The average molecular weight is 493 g/mol. The number of nitrogens with zero attached hydrogens (tertiary/aromatic N) is 2. The van der Waals surface area contributed by atoms with Gasteiger partial charge in [0.15, 0.2) is 5.17 Å². The highest BCUT2D eigenvalue weighted by molar-refractivity contribution is 8.18. The fraction of sp³-hybridized carbons (Fsp3) is 0.115. The summed E-state index contributed by atoms with van der Waals surface area (Å²) in [6, 6.07) is 19.8. The van der Waals surface area contributed by atoms with Gasteiger partial charge < -0.3 is 9.84 Å². The molecule has 1 saturated heterocycles. The molecule has 6 nitrogen and oxygen atoms in total. The maximum absolute atomic E-state index is 12.9. The Balaban J connectivity index is 1.58. The molecule has 0 spiro atoms. The van der Waals surface area contributed by atoms with Crippen LogP contribution in [-0.2, 0) is 11.4 Å². The van der Waals surface area contributed by atoms with Crippen molar-refractivity contribution in [1.29, 1.82) is 0 Å². The number of likely N-dealkylation sites (N-methyl/N-ethyl adjacent to an activating group) is 1. The molecule has 0 bridgehead atoms. The third-order valence-electron chi connectivity index (χ3n) is 5.27. The molecule has 4 rings (SSSR count). The van der Waals surface area contributed by atoms with Crippen molar-refractivity contribution in [3.05, 3.63) is 98.9 Å². The van der Waals surface area contributed by atoms with Gasteiger partial charge in [-0.2, -0.15) is 0 Å². The minimum absolute atomic E-state index is 0.182. The average Bonchev–Trinajstić information content (AvgIpc) is 3.08. The number of carboxylic acids is 1. The van der Waals surface area contributed by atoms with Gasteiger partial charge in [-0.1, -0.05) is 48.0 Å². The number of benzene rings is 3. The Morgan fingerprint density at radius 3 is 2.59 bits per heavy atom. The number of hydrogen-bond donors (Lipinski definition) is 1. The van der Waals surface area contributed by atoms with Gasteiger partial charge in [-0.3, -0.25) is 9.69 Å². The third-order valence-corrected chi connectivity index (χ3v) is 6.58. The van der Waals surface area contributed by atoms with E-state index in [9.17, 15) is 14.7 Å². The van der Waals surface area contributed by atoms with E-state index in [-0.39, 0.29) is 11.5 Å². The molecule has 0 radical (unpaired) electrons. The molecule has 8 heteroatoms. The molecule has 0 saturated carbocycles. The summed E-state index contributed by atoms with van der Waals surface area (Å²) in [5.74, 6) is -0.557. The SMILES string of the molecule is Cc1c(N=C2S/C(=C\c3ccccc3OCc3ccc(Cl)cc3)C(=O)N2C)cccc1C(=O)O. The lowest BCUT2D eigenvalue weighted by Crippen LogP contribution is -2.23. The van der Waals surface area contributed by atoms with E-state index in [2.05, 4.69) is 4.99 Å². The molecule has 0 unspecified atom stereocenters. The number of ether oxygens (including phenoxy) is 1. The van der Waals surface area contributed by atoms with Gasteiger partial charge in [-0.05, 0) is 66.2 Å². The summed E-state index contributed by atoms with van der Waals surface area (Å²) in [5, 5.41) is 10.5. The first-order chi connectivity index (χ1) is 16.3. The second-order valence-corrected chi connectivity index (χ2v) is 9.02. The number of hydrogen-bond acceptors (Lipinski definition) is 5. The minimum Gasteiger partial charge on any atom is -0.488 e. The number of carbonyl (C=O) groups is 2. The largest absolute Gasteiger partial charge is 0.488 e. The molecule has 3 aromatic rings. The molecule has 1 aliphatic heterocycles. The van der Waals surface area contributed by atoms with E-state index in [1.165, 1.54) is 22.7 Å². The van der Waals surface area contributed by atoms with Crippen molar-refractivity contribution in [2.45, 2.75) is 13.5 Å². The van der Waals surface area contributed by atoms with Gasteiger partial charge in [0, 0.05) is 17.6 Å². The van der Waals surface area contributed by atoms with Crippen molar-refractivity contribution in [3.63, 3.8) is 0 Å². The molecular formula is C26H21ClN2O4S. The number of amides is 1. The zero-order chi connectivity index (χ0) is 24.2. The van der Waals surface area contributed by atoms with Crippen LogP contribution in [-0.4, -0.2) is 34.1 Å². The van der Waals surface area contributed by atoms with Crippen LogP contribution in [0, 0.1) is 6.92 Å². The Kier molecular flexibility index (Phi) is 7.05. The number of aliphatic imine (C=N–C) groups is 1. The van der Waals surface area contributed by atoms with Crippen LogP contribution >= 0.6 is 23.4 Å². The van der Waals surface area contributed by atoms with Crippen molar-refractivity contribution in [1.82, 2.24) is 4.90 Å². The summed E-state index contributed by atoms with van der Waals surface area (Å²) in [6.45, 7) is 2.07. The van der Waals surface area contributed by atoms with Crippen LogP contribution in [0.4, 0.5) is 5.69 Å². The predicted molar refractivity (Wildman–Crippen MR) is 136 cm³/mol. The minimum atomic E-state index is -1.01. The van der Waals surface area contributed by atoms with E-state index < -0.39 is 5.97 Å². The van der Waals surface area contributed by atoms with Crippen LogP contribution in [0.1, 0.15) is 27.0 Å². The number of carbonyl (C=O) groups excluding carboxylic acids is 1. The Hall–Kier alpha value is -3.55. The van der Waals surface area contributed by atoms with E-state index in [0.29, 0.717) is 38.7 Å². The van der Waals surface area contributed by atoms with Crippen molar-refractivity contribution < 1.29 is 19.4 Å². The molecule has 1 N–H and O–H groups in total. The first kappa shape index (κ1) is 23.6. The summed E-state index contributed by atoms with van der Waals surface area (Å²) in [5.41, 5.74) is 2.98. The summed E-state index contributed by atoms with van der Waals surface area (Å²) in [6.07, 6.45) is 1.78. The van der Waals surface area contributed by atoms with Gasteiger partial charge in [-0.25, -0.2) is 9.79 Å². The summed E-state index contributed by atoms with van der Waals surface area (Å²) >= 11 is 7.18. The van der Waals surface area contributed by atoms with Gasteiger partial charge in [-0.15, -0.1) is 0 Å². The van der Waals surface area contributed by atoms with Crippen molar-refractivity contribution in [2.75, 3.05) is 7.05 Å².